The predicted molar refractivity (Wildman–Crippen MR) is 117 cm³/mol. The Morgan fingerprint density at radius 3 is 2.94 bits per heavy atom. The van der Waals surface area contributed by atoms with E-state index in [1.54, 1.807) is 24.3 Å². The van der Waals surface area contributed by atoms with Gasteiger partial charge in [-0.3, -0.25) is 14.5 Å². The largest absolute Gasteiger partial charge is 0.340 e. The van der Waals surface area contributed by atoms with Crippen LogP contribution in [0.25, 0.3) is 0 Å². The molecule has 1 saturated heterocycles. The highest BCUT2D eigenvalue weighted by molar-refractivity contribution is 7.90. The molecule has 1 unspecified atom stereocenters. The average molecular weight is 442 g/mol. The molecule has 2 aromatic rings. The number of nitrogens with one attached hydrogen (secondary N) is 1. The zero-order valence-corrected chi connectivity index (χ0v) is 18.5. The number of sulfonamides is 1. The van der Waals surface area contributed by atoms with Crippen LogP contribution in [-0.4, -0.2) is 54.2 Å². The minimum absolute atomic E-state index is 0.0626. The molecule has 0 spiro atoms. The topological polar surface area (TPSA) is 96.7 Å². The minimum atomic E-state index is -3.55. The molecule has 9 heteroatoms. The fourth-order valence-corrected chi connectivity index (χ4v) is 6.29. The summed E-state index contributed by atoms with van der Waals surface area (Å²) in [6, 6.07) is 7.05. The predicted octanol–water partition coefficient (Wildman–Crippen LogP) is 1.97. The molecule has 3 heterocycles. The third-order valence-electron chi connectivity index (χ3n) is 6.49. The summed E-state index contributed by atoms with van der Waals surface area (Å²) in [7, 11) is -3.55. The van der Waals surface area contributed by atoms with Gasteiger partial charge in [0.2, 0.25) is 5.91 Å². The highest BCUT2D eigenvalue weighted by atomic mass is 32.2. The highest BCUT2D eigenvalue weighted by Crippen LogP contribution is 2.30. The monoisotopic (exact) mass is 441 g/mol. The lowest BCUT2D eigenvalue weighted by atomic mass is 10.0. The van der Waals surface area contributed by atoms with Crippen molar-refractivity contribution in [1.82, 2.24) is 19.2 Å². The van der Waals surface area contributed by atoms with Crippen molar-refractivity contribution in [2.24, 2.45) is 4.99 Å². The van der Waals surface area contributed by atoms with Crippen LogP contribution in [0.15, 0.2) is 34.2 Å². The molecule has 0 saturated carbocycles. The quantitative estimate of drug-likeness (QED) is 0.785. The number of fused-ring (bicyclic) bond motifs is 2. The van der Waals surface area contributed by atoms with Gasteiger partial charge < -0.3 is 9.47 Å². The van der Waals surface area contributed by atoms with Gasteiger partial charge in [-0.25, -0.2) is 13.4 Å². The number of carbonyl (C=O) groups excluding carboxylic acids is 1. The lowest BCUT2D eigenvalue weighted by Crippen LogP contribution is -2.30. The Labute approximate surface area is 182 Å². The second kappa shape index (κ2) is 7.78. The number of nitrogens with zero attached hydrogens (tertiary/aromatic N) is 4. The Morgan fingerprint density at radius 2 is 2.06 bits per heavy atom. The third-order valence-corrected chi connectivity index (χ3v) is 7.88. The van der Waals surface area contributed by atoms with E-state index in [-0.39, 0.29) is 29.8 Å². The minimum Gasteiger partial charge on any atom is -0.340 e. The van der Waals surface area contributed by atoms with Gasteiger partial charge in [-0.2, -0.15) is 0 Å². The van der Waals surface area contributed by atoms with Gasteiger partial charge in [-0.1, -0.05) is 12.1 Å². The number of amidine groups is 1. The van der Waals surface area contributed by atoms with Crippen molar-refractivity contribution in [2.45, 2.75) is 56.4 Å². The number of carbonyl (C=O) groups is 1. The molecule has 1 amide bonds. The van der Waals surface area contributed by atoms with Crippen LogP contribution < -0.4 is 4.72 Å². The molecule has 5 rings (SSSR count). The van der Waals surface area contributed by atoms with Gasteiger partial charge in [0.1, 0.15) is 11.7 Å². The van der Waals surface area contributed by atoms with Crippen LogP contribution in [0.4, 0.5) is 0 Å². The second-order valence-corrected chi connectivity index (χ2v) is 10.1. The van der Waals surface area contributed by atoms with Crippen molar-refractivity contribution in [3.63, 3.8) is 0 Å². The lowest BCUT2D eigenvalue weighted by Gasteiger charge is -2.21. The smallest absolute Gasteiger partial charge is 0.263 e. The van der Waals surface area contributed by atoms with E-state index in [2.05, 4.69) is 21.2 Å². The van der Waals surface area contributed by atoms with E-state index in [9.17, 15) is 13.2 Å². The summed E-state index contributed by atoms with van der Waals surface area (Å²) in [5.74, 6) is 1.45. The fraction of sp³-hybridized carbons (Fsp3) is 0.500. The number of rotatable bonds is 4. The molecule has 3 aliphatic rings. The molecule has 1 aliphatic carbocycles. The van der Waals surface area contributed by atoms with E-state index in [0.717, 1.165) is 31.6 Å². The van der Waals surface area contributed by atoms with Crippen LogP contribution in [0.3, 0.4) is 0 Å². The van der Waals surface area contributed by atoms with Gasteiger partial charge in [0.05, 0.1) is 23.2 Å². The lowest BCUT2D eigenvalue weighted by molar-refractivity contribution is -0.130. The van der Waals surface area contributed by atoms with E-state index in [0.29, 0.717) is 17.9 Å². The molecule has 2 aliphatic heterocycles. The third kappa shape index (κ3) is 3.64. The Morgan fingerprint density at radius 1 is 1.26 bits per heavy atom. The SMILES string of the molecule is Cc1nc2c(n1C1CCN(C(=O)CCN=C3NS(=O)(=O)c4ccccc43)C1)CCCC2. The fourth-order valence-electron chi connectivity index (χ4n) is 5.03. The summed E-state index contributed by atoms with van der Waals surface area (Å²) in [6.45, 7) is 3.77. The summed E-state index contributed by atoms with van der Waals surface area (Å²) in [6.07, 6.45) is 5.77. The first-order chi connectivity index (χ1) is 14.9. The molecule has 1 aromatic carbocycles. The molecule has 164 valence electrons. The summed E-state index contributed by atoms with van der Waals surface area (Å²) in [5.41, 5.74) is 3.17. The maximum absolute atomic E-state index is 12.8. The summed E-state index contributed by atoms with van der Waals surface area (Å²) >= 11 is 0. The van der Waals surface area contributed by atoms with Gasteiger partial charge in [0, 0.05) is 30.8 Å². The van der Waals surface area contributed by atoms with Crippen LogP contribution in [0, 0.1) is 6.92 Å². The first kappa shape index (κ1) is 20.2. The summed E-state index contributed by atoms with van der Waals surface area (Å²) < 4.78 is 29.2. The van der Waals surface area contributed by atoms with Gasteiger partial charge in [-0.15, -0.1) is 0 Å². The van der Waals surface area contributed by atoms with Crippen LogP contribution >= 0.6 is 0 Å². The van der Waals surface area contributed by atoms with Crippen molar-refractivity contribution < 1.29 is 13.2 Å². The first-order valence-electron chi connectivity index (χ1n) is 10.9. The molecule has 0 bridgehead atoms. The van der Waals surface area contributed by atoms with Crippen LogP contribution in [0.1, 0.15) is 54.5 Å². The van der Waals surface area contributed by atoms with E-state index < -0.39 is 10.0 Å². The molecule has 1 aromatic heterocycles. The number of likely N-dealkylation sites (tertiary alicyclic amines) is 1. The number of hydrogen-bond acceptors (Lipinski definition) is 5. The zero-order valence-electron chi connectivity index (χ0n) is 17.7. The van der Waals surface area contributed by atoms with Crippen molar-refractivity contribution in [3.05, 3.63) is 47.0 Å². The molecule has 8 nitrogen and oxygen atoms in total. The van der Waals surface area contributed by atoms with E-state index >= 15 is 0 Å². The Balaban J connectivity index is 1.22. The molecular weight excluding hydrogens is 414 g/mol. The van der Waals surface area contributed by atoms with E-state index in [1.165, 1.54) is 24.2 Å². The zero-order chi connectivity index (χ0) is 21.6. The van der Waals surface area contributed by atoms with Crippen LogP contribution in [0.2, 0.25) is 0 Å². The van der Waals surface area contributed by atoms with Crippen molar-refractivity contribution >= 4 is 21.8 Å². The van der Waals surface area contributed by atoms with Crippen LogP contribution in [-0.2, 0) is 27.7 Å². The number of aromatic nitrogens is 2. The Kier molecular flexibility index (Phi) is 5.08. The molecule has 1 N–H and O–H groups in total. The average Bonchev–Trinajstić information content (AvgIpc) is 3.42. The molecule has 1 atom stereocenters. The Bertz CT molecular complexity index is 1170. The number of amides is 1. The normalized spacial score (nSPS) is 22.9. The van der Waals surface area contributed by atoms with Gasteiger partial charge in [0.15, 0.2) is 0 Å². The van der Waals surface area contributed by atoms with E-state index in [4.69, 9.17) is 4.98 Å². The molecule has 0 radical (unpaired) electrons. The summed E-state index contributed by atoms with van der Waals surface area (Å²) in [5, 5.41) is 0. The van der Waals surface area contributed by atoms with Crippen molar-refractivity contribution in [3.8, 4) is 0 Å². The Hall–Kier alpha value is -2.68. The number of aliphatic imine (C=N–C) groups is 1. The number of hydrogen-bond donors (Lipinski definition) is 1. The maximum atomic E-state index is 12.8. The number of aryl methyl sites for hydroxylation is 2. The number of benzene rings is 1. The van der Waals surface area contributed by atoms with E-state index in [1.807, 2.05) is 4.90 Å². The van der Waals surface area contributed by atoms with Gasteiger partial charge in [0.25, 0.3) is 10.0 Å². The van der Waals surface area contributed by atoms with Gasteiger partial charge in [-0.05, 0) is 51.2 Å². The summed E-state index contributed by atoms with van der Waals surface area (Å²) in [4.78, 5) is 24.1. The standard InChI is InChI=1S/C22H27N5O3S/c1-15-24-18-7-3-4-8-19(18)27(15)16-11-13-26(14-16)21(28)10-12-23-22-17-6-2-5-9-20(17)31(29,30)25-22/h2,5-6,9,16H,3-4,7-8,10-14H2,1H3,(H,23,25). The maximum Gasteiger partial charge on any atom is 0.263 e. The van der Waals surface area contributed by atoms with Crippen LogP contribution in [0.5, 0.6) is 0 Å². The number of imidazole rings is 1. The second-order valence-electron chi connectivity index (χ2n) is 8.49. The first-order valence-corrected chi connectivity index (χ1v) is 12.4. The van der Waals surface area contributed by atoms with Crippen molar-refractivity contribution in [2.75, 3.05) is 19.6 Å². The van der Waals surface area contributed by atoms with Crippen molar-refractivity contribution in [1.29, 1.82) is 0 Å². The molecule has 31 heavy (non-hydrogen) atoms. The highest BCUT2D eigenvalue weighted by Gasteiger charge is 2.32. The molecule has 1 fully saturated rings. The van der Waals surface area contributed by atoms with Gasteiger partial charge >= 0.3 is 0 Å². The molecular formula is C22H27N5O3S.